The lowest BCUT2D eigenvalue weighted by molar-refractivity contribution is -0.0246. The molecule has 3 heterocycles. The second-order valence-corrected chi connectivity index (χ2v) is 7.92. The fourth-order valence-electron chi connectivity index (χ4n) is 3.80. The lowest BCUT2D eigenvalue weighted by Gasteiger charge is -2.36. The number of rotatable bonds is 2. The summed E-state index contributed by atoms with van der Waals surface area (Å²) in [6.07, 6.45) is 2.94. The first kappa shape index (κ1) is 17.0. The Kier molecular flexibility index (Phi) is 3.97. The number of benzene rings is 1. The van der Waals surface area contributed by atoms with Crippen LogP contribution in [0.1, 0.15) is 39.0 Å². The van der Waals surface area contributed by atoms with Crippen LogP contribution in [0.15, 0.2) is 30.7 Å². The molecule has 2 saturated heterocycles. The van der Waals surface area contributed by atoms with Gasteiger partial charge in [-0.05, 0) is 45.4 Å². The Morgan fingerprint density at radius 2 is 1.92 bits per heavy atom. The Bertz CT molecular complexity index is 738. The van der Waals surface area contributed by atoms with Gasteiger partial charge in [-0.2, -0.15) is 0 Å². The molecular formula is C19H23FN2O4. The maximum Gasteiger partial charge on any atom is 0.410 e. The van der Waals surface area contributed by atoms with Crippen LogP contribution >= 0.6 is 0 Å². The van der Waals surface area contributed by atoms with E-state index in [0.29, 0.717) is 18.8 Å². The predicted molar refractivity (Wildman–Crippen MR) is 92.9 cm³/mol. The smallest absolute Gasteiger partial charge is 0.410 e. The van der Waals surface area contributed by atoms with Gasteiger partial charge in [-0.25, -0.2) is 9.18 Å². The van der Waals surface area contributed by atoms with E-state index in [-0.39, 0.29) is 24.0 Å². The number of halogens is 1. The standard InChI is InChI=1S/C19H23FN2O4/c1-19(2,3)26-18(23)22-11-13-9-14(22)10-21(13)16-8-12(4-5-15(16)20)17-24-6-7-25-17/h4-8,13-14,17H,9-11H2,1-3H3/t13-,14-/m0/s1. The Labute approximate surface area is 152 Å². The quantitative estimate of drug-likeness (QED) is 0.805. The summed E-state index contributed by atoms with van der Waals surface area (Å²) in [5, 5.41) is 0. The number of ether oxygens (including phenoxy) is 3. The second-order valence-electron chi connectivity index (χ2n) is 7.92. The molecule has 6 nitrogen and oxygen atoms in total. The number of piperazine rings is 1. The molecule has 2 atom stereocenters. The molecule has 2 fully saturated rings. The van der Waals surface area contributed by atoms with Crippen LogP contribution in [-0.4, -0.2) is 41.8 Å². The van der Waals surface area contributed by atoms with Crippen molar-refractivity contribution < 1.29 is 23.4 Å². The minimum Gasteiger partial charge on any atom is -0.455 e. The number of carbonyl (C=O) groups is 1. The molecule has 1 amide bonds. The van der Waals surface area contributed by atoms with Gasteiger partial charge in [-0.1, -0.05) is 0 Å². The molecule has 7 heteroatoms. The molecule has 26 heavy (non-hydrogen) atoms. The van der Waals surface area contributed by atoms with Crippen LogP contribution in [0.4, 0.5) is 14.9 Å². The van der Waals surface area contributed by atoms with Crippen LogP contribution in [0.2, 0.25) is 0 Å². The van der Waals surface area contributed by atoms with Crippen molar-refractivity contribution in [2.45, 2.75) is 51.2 Å². The highest BCUT2D eigenvalue weighted by molar-refractivity contribution is 5.70. The van der Waals surface area contributed by atoms with E-state index in [1.54, 1.807) is 17.0 Å². The van der Waals surface area contributed by atoms with E-state index in [2.05, 4.69) is 0 Å². The minimum atomic E-state index is -0.535. The van der Waals surface area contributed by atoms with Gasteiger partial charge in [0.05, 0.1) is 11.7 Å². The van der Waals surface area contributed by atoms with Crippen molar-refractivity contribution in [3.63, 3.8) is 0 Å². The number of anilines is 1. The number of hydrogen-bond acceptors (Lipinski definition) is 5. The Morgan fingerprint density at radius 1 is 1.19 bits per heavy atom. The van der Waals surface area contributed by atoms with E-state index in [4.69, 9.17) is 14.2 Å². The largest absolute Gasteiger partial charge is 0.455 e. The normalized spacial score (nSPS) is 24.8. The summed E-state index contributed by atoms with van der Waals surface area (Å²) in [6, 6.07) is 5.00. The van der Waals surface area contributed by atoms with Crippen LogP contribution in [-0.2, 0) is 14.2 Å². The van der Waals surface area contributed by atoms with Crippen LogP contribution in [0.3, 0.4) is 0 Å². The summed E-state index contributed by atoms with van der Waals surface area (Å²) < 4.78 is 30.6. The van der Waals surface area contributed by atoms with Gasteiger partial charge in [-0.15, -0.1) is 0 Å². The molecule has 3 aliphatic rings. The molecule has 0 aromatic heterocycles. The van der Waals surface area contributed by atoms with Gasteiger partial charge in [-0.3, -0.25) is 0 Å². The first-order valence-corrected chi connectivity index (χ1v) is 8.83. The Balaban J connectivity index is 1.49. The lowest BCUT2D eigenvalue weighted by Crippen LogP contribution is -2.50. The summed E-state index contributed by atoms with van der Waals surface area (Å²) in [7, 11) is 0. The molecule has 0 spiro atoms. The van der Waals surface area contributed by atoms with Crippen LogP contribution in [0.25, 0.3) is 0 Å². The van der Waals surface area contributed by atoms with Crippen molar-refractivity contribution in [1.29, 1.82) is 0 Å². The summed E-state index contributed by atoms with van der Waals surface area (Å²) >= 11 is 0. The monoisotopic (exact) mass is 362 g/mol. The number of amides is 1. The number of likely N-dealkylation sites (tertiary alicyclic amines) is 1. The molecule has 0 unspecified atom stereocenters. The topological polar surface area (TPSA) is 51.2 Å². The molecule has 1 aromatic rings. The second kappa shape index (κ2) is 6.07. The average molecular weight is 362 g/mol. The molecule has 0 aliphatic carbocycles. The van der Waals surface area contributed by atoms with E-state index in [9.17, 15) is 9.18 Å². The SMILES string of the molecule is CC(C)(C)OC(=O)N1C[C@@H]2C[C@H]1CN2c1cc(C2OC=CO2)ccc1F. The first-order chi connectivity index (χ1) is 12.3. The third-order valence-corrected chi connectivity index (χ3v) is 4.88. The summed E-state index contributed by atoms with van der Waals surface area (Å²) in [6.45, 7) is 6.70. The average Bonchev–Trinajstić information content (AvgIpc) is 3.30. The van der Waals surface area contributed by atoms with Gasteiger partial charge >= 0.3 is 6.09 Å². The van der Waals surface area contributed by atoms with Gasteiger partial charge in [0.1, 0.15) is 23.9 Å². The van der Waals surface area contributed by atoms with E-state index in [0.717, 1.165) is 12.0 Å². The zero-order valence-corrected chi connectivity index (χ0v) is 15.1. The summed E-state index contributed by atoms with van der Waals surface area (Å²) in [5.41, 5.74) is 0.769. The molecule has 2 bridgehead atoms. The van der Waals surface area contributed by atoms with Crippen molar-refractivity contribution in [2.75, 3.05) is 18.0 Å². The van der Waals surface area contributed by atoms with Gasteiger partial charge in [0, 0.05) is 24.7 Å². The van der Waals surface area contributed by atoms with Gasteiger partial charge in [0.25, 0.3) is 6.29 Å². The fraction of sp³-hybridized carbons (Fsp3) is 0.526. The molecule has 1 aromatic carbocycles. The highest BCUT2D eigenvalue weighted by Crippen LogP contribution is 2.38. The van der Waals surface area contributed by atoms with E-state index < -0.39 is 11.9 Å². The number of carbonyl (C=O) groups excluding carboxylic acids is 1. The van der Waals surface area contributed by atoms with Crippen molar-refractivity contribution in [3.05, 3.63) is 42.1 Å². The zero-order chi connectivity index (χ0) is 18.5. The van der Waals surface area contributed by atoms with Gasteiger partial charge in [0.2, 0.25) is 0 Å². The van der Waals surface area contributed by atoms with Crippen molar-refractivity contribution in [1.82, 2.24) is 4.90 Å². The first-order valence-electron chi connectivity index (χ1n) is 8.83. The molecule has 0 radical (unpaired) electrons. The number of nitrogens with zero attached hydrogens (tertiary/aromatic N) is 2. The maximum absolute atomic E-state index is 14.5. The van der Waals surface area contributed by atoms with E-state index >= 15 is 0 Å². The molecule has 0 N–H and O–H groups in total. The lowest BCUT2D eigenvalue weighted by atomic mass is 10.1. The predicted octanol–water partition coefficient (Wildman–Crippen LogP) is 3.54. The highest BCUT2D eigenvalue weighted by atomic mass is 19.1. The van der Waals surface area contributed by atoms with Crippen molar-refractivity contribution >= 4 is 11.8 Å². The van der Waals surface area contributed by atoms with Crippen LogP contribution in [0.5, 0.6) is 0 Å². The fourth-order valence-corrected chi connectivity index (χ4v) is 3.80. The Morgan fingerprint density at radius 3 is 2.54 bits per heavy atom. The Hall–Kier alpha value is -2.44. The zero-order valence-electron chi connectivity index (χ0n) is 15.1. The molecular weight excluding hydrogens is 339 g/mol. The van der Waals surface area contributed by atoms with Crippen LogP contribution in [0, 0.1) is 5.82 Å². The minimum absolute atomic E-state index is 0.0403. The molecule has 0 saturated carbocycles. The maximum atomic E-state index is 14.5. The highest BCUT2D eigenvalue weighted by Gasteiger charge is 2.47. The van der Waals surface area contributed by atoms with Crippen molar-refractivity contribution in [3.8, 4) is 0 Å². The number of hydrogen-bond donors (Lipinski definition) is 0. The molecule has 3 aliphatic heterocycles. The summed E-state index contributed by atoms with van der Waals surface area (Å²) in [4.78, 5) is 16.2. The summed E-state index contributed by atoms with van der Waals surface area (Å²) in [5.74, 6) is -0.281. The van der Waals surface area contributed by atoms with E-state index in [1.807, 2.05) is 25.7 Å². The van der Waals surface area contributed by atoms with Crippen LogP contribution < -0.4 is 4.90 Å². The molecule has 4 rings (SSSR count). The third-order valence-electron chi connectivity index (χ3n) is 4.88. The number of fused-ring (bicyclic) bond motifs is 2. The van der Waals surface area contributed by atoms with Gasteiger partial charge < -0.3 is 24.0 Å². The van der Waals surface area contributed by atoms with Crippen molar-refractivity contribution in [2.24, 2.45) is 0 Å². The molecule has 140 valence electrons. The van der Waals surface area contributed by atoms with Gasteiger partial charge in [0.15, 0.2) is 0 Å². The third kappa shape index (κ3) is 3.06. The van der Waals surface area contributed by atoms with E-state index in [1.165, 1.54) is 18.6 Å².